The quantitative estimate of drug-likeness (QED) is 0.217. The minimum Gasteiger partial charge on any atom is -0.477 e. The molecule has 1 saturated heterocycles. The molecule has 0 aliphatic carbocycles. The summed E-state index contributed by atoms with van der Waals surface area (Å²) in [6, 6.07) is 9.13. The molecule has 12 heteroatoms. The minimum atomic E-state index is -1.65. The summed E-state index contributed by atoms with van der Waals surface area (Å²) in [7, 11) is 0. The van der Waals surface area contributed by atoms with E-state index in [0.29, 0.717) is 21.4 Å². The maximum absolute atomic E-state index is 13.3. The molecule has 0 spiro atoms. The van der Waals surface area contributed by atoms with Crippen LogP contribution >= 0.6 is 34.9 Å². The summed E-state index contributed by atoms with van der Waals surface area (Å²) in [5, 5.41) is 19.6. The molecular formula is C21H20N4O5S3. The average Bonchev–Trinajstić information content (AvgIpc) is 3.33. The van der Waals surface area contributed by atoms with Gasteiger partial charge in [-0.05, 0) is 11.1 Å². The lowest BCUT2D eigenvalue weighted by molar-refractivity contribution is -0.196. The smallest absolute Gasteiger partial charge is 0.352 e. The molecule has 1 fully saturated rings. The Labute approximate surface area is 202 Å². The average molecular weight is 505 g/mol. The Kier molecular flexibility index (Phi) is 7.17. The number of amides is 2. The summed E-state index contributed by atoms with van der Waals surface area (Å²) in [5.74, 6) is -1.47. The van der Waals surface area contributed by atoms with Crippen molar-refractivity contribution in [2.45, 2.75) is 21.9 Å². The fourth-order valence-corrected chi connectivity index (χ4v) is 6.62. The van der Waals surface area contributed by atoms with Gasteiger partial charge in [-0.15, -0.1) is 28.5 Å². The van der Waals surface area contributed by atoms with Crippen LogP contribution in [0.25, 0.3) is 0 Å². The second kappa shape index (κ2) is 10.1. The van der Waals surface area contributed by atoms with Gasteiger partial charge < -0.3 is 15.2 Å². The third-order valence-corrected chi connectivity index (χ3v) is 8.30. The number of ether oxygens (including phenoxy) is 1. The lowest BCUT2D eigenvalue weighted by atomic mass is 9.97. The number of carboxylic acids is 1. The molecule has 0 saturated carbocycles. The third-order valence-electron chi connectivity index (χ3n) is 4.98. The predicted molar refractivity (Wildman–Crippen MR) is 126 cm³/mol. The standard InChI is InChI=1S/C21H20N4O5S3/c1-2-8-30-21(23-15(26)9-13-6-4-3-5-7-13)18(29)25-16(17(27)28)14(10-31-19(21)25)11-32-20-24-22-12-33-20/h2-7,12,19H,1,8-11H2,(H,23,26)(H,27,28)/t19-,21?/m0/s1. The third kappa shape index (κ3) is 4.69. The molecule has 2 N–H and O–H groups in total. The highest BCUT2D eigenvalue weighted by Gasteiger charge is 2.66. The number of nitrogens with one attached hydrogen (secondary N) is 1. The summed E-state index contributed by atoms with van der Waals surface area (Å²) >= 11 is 4.08. The Hall–Kier alpha value is -2.67. The maximum Gasteiger partial charge on any atom is 0.352 e. The predicted octanol–water partition coefficient (Wildman–Crippen LogP) is 2.14. The largest absolute Gasteiger partial charge is 0.477 e. The minimum absolute atomic E-state index is 0.0220. The van der Waals surface area contributed by atoms with Crippen LogP contribution in [0.1, 0.15) is 5.56 Å². The first kappa shape index (κ1) is 23.5. The first-order valence-corrected chi connectivity index (χ1v) is 12.8. The van der Waals surface area contributed by atoms with Crippen LogP contribution in [0.4, 0.5) is 0 Å². The number of carbonyl (C=O) groups excluding carboxylic acids is 2. The molecule has 0 radical (unpaired) electrons. The molecule has 2 aliphatic rings. The van der Waals surface area contributed by atoms with Gasteiger partial charge in [-0.3, -0.25) is 14.5 Å². The Morgan fingerprint density at radius 3 is 2.85 bits per heavy atom. The van der Waals surface area contributed by atoms with E-state index < -0.39 is 28.9 Å². The van der Waals surface area contributed by atoms with Gasteiger partial charge in [0.05, 0.1) is 13.0 Å². The van der Waals surface area contributed by atoms with Crippen molar-refractivity contribution in [2.24, 2.45) is 0 Å². The van der Waals surface area contributed by atoms with E-state index in [2.05, 4.69) is 22.1 Å². The van der Waals surface area contributed by atoms with Crippen LogP contribution in [0.15, 0.2) is 64.1 Å². The summed E-state index contributed by atoms with van der Waals surface area (Å²) in [5.41, 5.74) is 1.27. The van der Waals surface area contributed by atoms with Crippen LogP contribution < -0.4 is 5.32 Å². The SMILES string of the molecule is C=CCOC1(NC(=O)Cc2ccccc2)C(=O)N2C(C(=O)O)=C(CSc3nncs3)CS[C@H]21. The molecule has 1 unspecified atom stereocenters. The molecule has 2 aliphatic heterocycles. The molecule has 3 heterocycles. The number of nitrogens with zero attached hydrogens (tertiary/aromatic N) is 3. The second-order valence-electron chi connectivity index (χ2n) is 7.14. The second-order valence-corrected chi connectivity index (χ2v) is 10.3. The number of carboxylic acid groups (broad SMARTS) is 1. The van der Waals surface area contributed by atoms with Crippen molar-refractivity contribution in [3.63, 3.8) is 0 Å². The van der Waals surface area contributed by atoms with Crippen molar-refractivity contribution < 1.29 is 24.2 Å². The van der Waals surface area contributed by atoms with Gasteiger partial charge in [0.15, 0.2) is 4.34 Å². The van der Waals surface area contributed by atoms with Gasteiger partial charge >= 0.3 is 5.97 Å². The van der Waals surface area contributed by atoms with E-state index in [0.717, 1.165) is 5.56 Å². The Bertz CT molecular complexity index is 1090. The molecule has 4 rings (SSSR count). The molecule has 2 aromatic rings. The lowest BCUT2D eigenvalue weighted by Gasteiger charge is -2.56. The van der Waals surface area contributed by atoms with Crippen molar-refractivity contribution >= 4 is 52.6 Å². The van der Waals surface area contributed by atoms with E-state index in [1.165, 1.54) is 45.8 Å². The van der Waals surface area contributed by atoms with Gasteiger partial charge in [-0.25, -0.2) is 4.79 Å². The van der Waals surface area contributed by atoms with Gasteiger partial charge in [-0.1, -0.05) is 59.5 Å². The van der Waals surface area contributed by atoms with Gasteiger partial charge in [0.1, 0.15) is 16.6 Å². The summed E-state index contributed by atoms with van der Waals surface area (Å²) in [6.07, 6.45) is 1.54. The zero-order valence-corrected chi connectivity index (χ0v) is 19.8. The molecular weight excluding hydrogens is 484 g/mol. The van der Waals surface area contributed by atoms with E-state index >= 15 is 0 Å². The number of thioether (sulfide) groups is 2. The molecule has 2 atom stereocenters. The monoisotopic (exact) mass is 504 g/mol. The molecule has 0 bridgehead atoms. The maximum atomic E-state index is 13.3. The summed E-state index contributed by atoms with van der Waals surface area (Å²) in [6.45, 7) is 3.64. The van der Waals surface area contributed by atoms with Crippen LogP contribution in [0.3, 0.4) is 0 Å². The van der Waals surface area contributed by atoms with Crippen molar-refractivity contribution in [2.75, 3.05) is 18.1 Å². The summed E-state index contributed by atoms with van der Waals surface area (Å²) < 4.78 is 6.50. The van der Waals surface area contributed by atoms with Crippen LogP contribution in [0.2, 0.25) is 0 Å². The zero-order chi connectivity index (χ0) is 23.4. The highest BCUT2D eigenvalue weighted by Crippen LogP contribution is 2.47. The number of benzene rings is 1. The van der Waals surface area contributed by atoms with Crippen LogP contribution in [0, 0.1) is 0 Å². The normalized spacial score (nSPS) is 21.9. The van der Waals surface area contributed by atoms with Crippen molar-refractivity contribution in [1.29, 1.82) is 0 Å². The van der Waals surface area contributed by atoms with Crippen LogP contribution in [-0.2, 0) is 25.5 Å². The molecule has 1 aromatic carbocycles. The highest BCUT2D eigenvalue weighted by atomic mass is 32.2. The number of hydrogen-bond donors (Lipinski definition) is 2. The van der Waals surface area contributed by atoms with E-state index in [4.69, 9.17) is 4.74 Å². The van der Waals surface area contributed by atoms with E-state index in [9.17, 15) is 19.5 Å². The fraction of sp³-hybridized carbons (Fsp3) is 0.286. The zero-order valence-electron chi connectivity index (χ0n) is 17.3. The topological polar surface area (TPSA) is 122 Å². The number of fused-ring (bicyclic) bond motifs is 1. The highest BCUT2D eigenvalue weighted by molar-refractivity contribution is 8.01. The van der Waals surface area contributed by atoms with Gasteiger partial charge in [-0.2, -0.15) is 0 Å². The van der Waals surface area contributed by atoms with E-state index in [1.807, 2.05) is 30.3 Å². The molecule has 172 valence electrons. The number of aromatic nitrogens is 2. The Morgan fingerprint density at radius 1 is 1.39 bits per heavy atom. The van der Waals surface area contributed by atoms with Crippen molar-refractivity contribution in [3.8, 4) is 0 Å². The first-order chi connectivity index (χ1) is 16.0. The molecule has 2 amide bonds. The number of aliphatic carboxylic acids is 1. The molecule has 9 nitrogen and oxygen atoms in total. The van der Waals surface area contributed by atoms with Gasteiger partial charge in [0, 0.05) is 11.5 Å². The fourth-order valence-electron chi connectivity index (χ4n) is 3.58. The van der Waals surface area contributed by atoms with Crippen molar-refractivity contribution in [1.82, 2.24) is 20.4 Å². The summed E-state index contributed by atoms with van der Waals surface area (Å²) in [4.78, 5) is 39.4. The molecule has 33 heavy (non-hydrogen) atoms. The number of carbonyl (C=O) groups is 3. The Morgan fingerprint density at radius 2 is 2.18 bits per heavy atom. The van der Waals surface area contributed by atoms with E-state index in [-0.39, 0.29) is 18.7 Å². The van der Waals surface area contributed by atoms with E-state index in [1.54, 1.807) is 5.51 Å². The van der Waals surface area contributed by atoms with Crippen LogP contribution in [0.5, 0.6) is 0 Å². The molecule has 1 aromatic heterocycles. The van der Waals surface area contributed by atoms with Crippen LogP contribution in [-0.4, -0.2) is 67.2 Å². The Balaban J connectivity index is 1.56. The number of β-lactam (4-membered cyclic amide) rings is 1. The van der Waals surface area contributed by atoms with Gasteiger partial charge in [0.25, 0.3) is 11.6 Å². The number of rotatable bonds is 10. The first-order valence-electron chi connectivity index (χ1n) is 9.85. The van der Waals surface area contributed by atoms with Crippen molar-refractivity contribution in [3.05, 3.63) is 65.3 Å². The van der Waals surface area contributed by atoms with Gasteiger partial charge in [0.2, 0.25) is 5.91 Å². The lowest BCUT2D eigenvalue weighted by Crippen LogP contribution is -2.81. The number of hydrogen-bond acceptors (Lipinski definition) is 9.